The normalized spacial score (nSPS) is 19.4. The molecule has 0 bridgehead atoms. The fraction of sp³-hybridized carbons (Fsp3) is 0.692. The lowest BCUT2D eigenvalue weighted by molar-refractivity contribution is -0.143. The lowest BCUT2D eigenvalue weighted by Gasteiger charge is -2.36. The van der Waals surface area contributed by atoms with Crippen molar-refractivity contribution in [2.75, 3.05) is 32.7 Å². The fourth-order valence-electron chi connectivity index (χ4n) is 2.43. The van der Waals surface area contributed by atoms with Gasteiger partial charge in [0.15, 0.2) is 0 Å². The van der Waals surface area contributed by atoms with E-state index in [-0.39, 0.29) is 6.04 Å². The van der Waals surface area contributed by atoms with Gasteiger partial charge in [-0.3, -0.25) is 9.69 Å². The minimum atomic E-state index is -0.728. The van der Waals surface area contributed by atoms with Gasteiger partial charge < -0.3 is 14.6 Å². The Morgan fingerprint density at radius 1 is 1.32 bits per heavy atom. The Balaban J connectivity index is 1.65. The number of carbonyl (C=O) groups is 1. The van der Waals surface area contributed by atoms with Gasteiger partial charge in [-0.1, -0.05) is 0 Å². The second-order valence-corrected chi connectivity index (χ2v) is 5.05. The summed E-state index contributed by atoms with van der Waals surface area (Å²) >= 11 is 0. The van der Waals surface area contributed by atoms with Crippen LogP contribution in [-0.2, 0) is 11.3 Å². The van der Waals surface area contributed by atoms with Gasteiger partial charge in [-0.2, -0.15) is 0 Å². The Morgan fingerprint density at radius 3 is 2.63 bits per heavy atom. The summed E-state index contributed by atoms with van der Waals surface area (Å²) in [6, 6.07) is -0.368. The zero-order valence-corrected chi connectivity index (χ0v) is 11.4. The Labute approximate surface area is 113 Å². The van der Waals surface area contributed by atoms with Gasteiger partial charge in [-0.15, -0.1) is 0 Å². The largest absolute Gasteiger partial charge is 0.480 e. The number of nitrogens with zero attached hydrogens (tertiary/aromatic N) is 4. The highest BCUT2D eigenvalue weighted by molar-refractivity contribution is 5.72. The topological polar surface area (TPSA) is 61.6 Å². The highest BCUT2D eigenvalue weighted by atomic mass is 16.4. The third kappa shape index (κ3) is 4.04. The molecule has 1 fully saturated rings. The monoisotopic (exact) mass is 266 g/mol. The summed E-state index contributed by atoms with van der Waals surface area (Å²) in [7, 11) is 0. The molecule has 0 spiro atoms. The van der Waals surface area contributed by atoms with Crippen LogP contribution in [-0.4, -0.2) is 69.2 Å². The highest BCUT2D eigenvalue weighted by Gasteiger charge is 2.24. The van der Waals surface area contributed by atoms with Crippen LogP contribution >= 0.6 is 0 Å². The molecule has 2 rings (SSSR count). The lowest BCUT2D eigenvalue weighted by Crippen LogP contribution is -2.51. The van der Waals surface area contributed by atoms with Crippen molar-refractivity contribution in [3.63, 3.8) is 0 Å². The predicted molar refractivity (Wildman–Crippen MR) is 72.0 cm³/mol. The number of hydrogen-bond donors (Lipinski definition) is 1. The molecule has 1 aromatic rings. The standard InChI is InChI=1S/C13H22N4O2/c1-12(13(18)19)17-9-7-15(8-10-17)4-2-5-16-6-3-14-11-16/h3,6,11-12H,2,4-5,7-10H2,1H3,(H,18,19). The van der Waals surface area contributed by atoms with E-state index >= 15 is 0 Å². The average Bonchev–Trinajstić information content (AvgIpc) is 2.92. The molecule has 0 saturated carbocycles. The first-order valence-corrected chi connectivity index (χ1v) is 6.82. The van der Waals surface area contributed by atoms with E-state index in [0.29, 0.717) is 0 Å². The molecule has 1 aromatic heterocycles. The Kier molecular flexibility index (Phi) is 4.93. The van der Waals surface area contributed by atoms with E-state index < -0.39 is 5.97 Å². The minimum Gasteiger partial charge on any atom is -0.480 e. The summed E-state index contributed by atoms with van der Waals surface area (Å²) in [6.07, 6.45) is 6.72. The number of carboxylic acid groups (broad SMARTS) is 1. The van der Waals surface area contributed by atoms with Crippen LogP contribution in [0.3, 0.4) is 0 Å². The summed E-state index contributed by atoms with van der Waals surface area (Å²) in [5.41, 5.74) is 0. The lowest BCUT2D eigenvalue weighted by atomic mass is 10.2. The molecular formula is C13H22N4O2. The Morgan fingerprint density at radius 2 is 2.05 bits per heavy atom. The van der Waals surface area contributed by atoms with Gasteiger partial charge in [0, 0.05) is 45.1 Å². The van der Waals surface area contributed by atoms with Crippen molar-refractivity contribution in [2.24, 2.45) is 0 Å². The van der Waals surface area contributed by atoms with E-state index in [1.807, 2.05) is 17.4 Å². The van der Waals surface area contributed by atoms with E-state index in [9.17, 15) is 4.79 Å². The van der Waals surface area contributed by atoms with Crippen molar-refractivity contribution < 1.29 is 9.90 Å². The van der Waals surface area contributed by atoms with E-state index in [4.69, 9.17) is 5.11 Å². The zero-order chi connectivity index (χ0) is 13.7. The molecule has 1 unspecified atom stereocenters. The van der Waals surface area contributed by atoms with E-state index in [2.05, 4.69) is 14.5 Å². The van der Waals surface area contributed by atoms with Gasteiger partial charge >= 0.3 is 5.97 Å². The van der Waals surface area contributed by atoms with Crippen LogP contribution in [0.1, 0.15) is 13.3 Å². The highest BCUT2D eigenvalue weighted by Crippen LogP contribution is 2.07. The first-order chi connectivity index (χ1) is 9.16. The SMILES string of the molecule is CC(C(=O)O)N1CCN(CCCn2ccnc2)CC1. The number of aromatic nitrogens is 2. The number of piperazine rings is 1. The van der Waals surface area contributed by atoms with Gasteiger partial charge in [0.2, 0.25) is 0 Å². The molecule has 0 aliphatic carbocycles. The number of imidazole rings is 1. The molecule has 0 amide bonds. The van der Waals surface area contributed by atoms with E-state index in [0.717, 1.165) is 45.7 Å². The first kappa shape index (κ1) is 14.0. The molecular weight excluding hydrogens is 244 g/mol. The van der Waals surface area contributed by atoms with Crippen LogP contribution in [0.5, 0.6) is 0 Å². The van der Waals surface area contributed by atoms with Crippen molar-refractivity contribution in [1.82, 2.24) is 19.4 Å². The maximum atomic E-state index is 10.9. The van der Waals surface area contributed by atoms with Crippen molar-refractivity contribution in [2.45, 2.75) is 25.9 Å². The molecule has 19 heavy (non-hydrogen) atoms. The number of carboxylic acids is 1. The van der Waals surface area contributed by atoms with Crippen LogP contribution in [0.4, 0.5) is 0 Å². The smallest absolute Gasteiger partial charge is 0.320 e. The summed E-state index contributed by atoms with van der Waals surface area (Å²) in [6.45, 7) is 7.43. The molecule has 1 aliphatic heterocycles. The third-order valence-electron chi connectivity index (χ3n) is 3.76. The second-order valence-electron chi connectivity index (χ2n) is 5.05. The Bertz CT molecular complexity index is 385. The summed E-state index contributed by atoms with van der Waals surface area (Å²) in [5, 5.41) is 8.98. The van der Waals surface area contributed by atoms with Crippen LogP contribution in [0.15, 0.2) is 18.7 Å². The van der Waals surface area contributed by atoms with Crippen LogP contribution in [0.25, 0.3) is 0 Å². The van der Waals surface area contributed by atoms with Gasteiger partial charge in [-0.25, -0.2) is 4.98 Å². The molecule has 6 nitrogen and oxygen atoms in total. The van der Waals surface area contributed by atoms with Crippen molar-refractivity contribution >= 4 is 5.97 Å². The van der Waals surface area contributed by atoms with Crippen LogP contribution in [0, 0.1) is 0 Å². The summed E-state index contributed by atoms with van der Waals surface area (Å²) in [5.74, 6) is -0.728. The molecule has 1 aliphatic rings. The van der Waals surface area contributed by atoms with E-state index in [1.54, 1.807) is 13.1 Å². The van der Waals surface area contributed by atoms with Crippen LogP contribution < -0.4 is 0 Å². The fourth-order valence-corrected chi connectivity index (χ4v) is 2.43. The molecule has 6 heteroatoms. The average molecular weight is 266 g/mol. The molecule has 0 radical (unpaired) electrons. The zero-order valence-electron chi connectivity index (χ0n) is 11.4. The maximum Gasteiger partial charge on any atom is 0.320 e. The molecule has 106 valence electrons. The number of hydrogen-bond acceptors (Lipinski definition) is 4. The maximum absolute atomic E-state index is 10.9. The van der Waals surface area contributed by atoms with Gasteiger partial charge in [0.25, 0.3) is 0 Å². The minimum absolute atomic E-state index is 0.368. The number of aliphatic carboxylic acids is 1. The quantitative estimate of drug-likeness (QED) is 0.806. The van der Waals surface area contributed by atoms with Crippen molar-refractivity contribution in [3.8, 4) is 0 Å². The third-order valence-corrected chi connectivity index (χ3v) is 3.76. The van der Waals surface area contributed by atoms with E-state index in [1.165, 1.54) is 0 Å². The van der Waals surface area contributed by atoms with Gasteiger partial charge in [-0.05, 0) is 19.9 Å². The predicted octanol–water partition coefficient (Wildman–Crippen LogP) is 0.364. The molecule has 1 atom stereocenters. The van der Waals surface area contributed by atoms with Gasteiger partial charge in [0.1, 0.15) is 6.04 Å². The second kappa shape index (κ2) is 6.68. The molecule has 1 N–H and O–H groups in total. The van der Waals surface area contributed by atoms with Crippen molar-refractivity contribution in [3.05, 3.63) is 18.7 Å². The Hall–Kier alpha value is -1.40. The molecule has 2 heterocycles. The van der Waals surface area contributed by atoms with Crippen molar-refractivity contribution in [1.29, 1.82) is 0 Å². The molecule has 0 aromatic carbocycles. The van der Waals surface area contributed by atoms with Crippen LogP contribution in [0.2, 0.25) is 0 Å². The molecule has 1 saturated heterocycles. The number of aryl methyl sites for hydroxylation is 1. The van der Waals surface area contributed by atoms with Gasteiger partial charge in [0.05, 0.1) is 6.33 Å². The number of rotatable bonds is 6. The first-order valence-electron chi connectivity index (χ1n) is 6.82. The summed E-state index contributed by atoms with van der Waals surface area (Å²) < 4.78 is 2.09. The summed E-state index contributed by atoms with van der Waals surface area (Å²) in [4.78, 5) is 19.4.